The number of piperazine rings is 1. The Kier molecular flexibility index (Phi) is 5.07. The highest BCUT2D eigenvalue weighted by Gasteiger charge is 2.20. The summed E-state index contributed by atoms with van der Waals surface area (Å²) in [6, 6.07) is 14.3. The zero-order chi connectivity index (χ0) is 19.7. The maximum absolute atomic E-state index is 12.6. The summed E-state index contributed by atoms with van der Waals surface area (Å²) in [4.78, 5) is 32.2. The van der Waals surface area contributed by atoms with Crippen molar-refractivity contribution in [1.29, 1.82) is 0 Å². The van der Waals surface area contributed by atoms with E-state index in [4.69, 9.17) is 11.6 Å². The van der Waals surface area contributed by atoms with E-state index in [1.54, 1.807) is 36.4 Å². The third kappa shape index (κ3) is 3.74. The maximum atomic E-state index is 12.6. The van der Waals surface area contributed by atoms with Gasteiger partial charge in [-0.05, 0) is 43.4 Å². The van der Waals surface area contributed by atoms with Gasteiger partial charge < -0.3 is 20.1 Å². The number of likely N-dealkylation sites (N-methyl/N-ethyl adjacent to an activating group) is 1. The van der Waals surface area contributed by atoms with E-state index in [0.717, 1.165) is 37.1 Å². The molecule has 7 heteroatoms. The first kappa shape index (κ1) is 18.5. The van der Waals surface area contributed by atoms with Crippen molar-refractivity contribution in [3.05, 3.63) is 64.8 Å². The number of fused-ring (bicyclic) bond motifs is 1. The van der Waals surface area contributed by atoms with Crippen molar-refractivity contribution in [2.75, 3.05) is 38.5 Å². The predicted molar refractivity (Wildman–Crippen MR) is 111 cm³/mol. The molecule has 6 nitrogen and oxygen atoms in total. The van der Waals surface area contributed by atoms with Crippen LogP contribution in [0.3, 0.4) is 0 Å². The molecule has 1 aliphatic rings. The molecule has 144 valence electrons. The molecule has 1 saturated heterocycles. The fraction of sp³-hybridized carbons (Fsp3) is 0.238. The molecule has 1 aromatic heterocycles. The number of aromatic nitrogens is 1. The lowest BCUT2D eigenvalue weighted by molar-refractivity contribution is 0.0664. The lowest BCUT2D eigenvalue weighted by Gasteiger charge is -2.32. The largest absolute Gasteiger partial charge is 0.349 e. The molecule has 2 aromatic carbocycles. The zero-order valence-corrected chi connectivity index (χ0v) is 16.3. The average Bonchev–Trinajstić information content (AvgIpc) is 3.15. The number of H-pyrrole nitrogens is 1. The first-order valence-electron chi connectivity index (χ1n) is 9.18. The normalized spacial score (nSPS) is 15.0. The lowest BCUT2D eigenvalue weighted by atomic mass is 10.1. The van der Waals surface area contributed by atoms with Crippen LogP contribution in [-0.4, -0.2) is 59.8 Å². The molecule has 2 amide bonds. The van der Waals surface area contributed by atoms with Gasteiger partial charge in [0.05, 0.1) is 10.5 Å². The van der Waals surface area contributed by atoms with E-state index < -0.39 is 0 Å². The second-order valence-corrected chi connectivity index (χ2v) is 7.42. The Labute approximate surface area is 168 Å². The zero-order valence-electron chi connectivity index (χ0n) is 15.5. The van der Waals surface area contributed by atoms with Gasteiger partial charge in [-0.1, -0.05) is 23.7 Å². The predicted octanol–water partition coefficient (Wildman–Crippen LogP) is 3.46. The highest BCUT2D eigenvalue weighted by Crippen LogP contribution is 2.24. The molecule has 0 aliphatic carbocycles. The molecule has 3 aromatic rings. The van der Waals surface area contributed by atoms with Crippen molar-refractivity contribution < 1.29 is 9.59 Å². The molecular weight excluding hydrogens is 376 g/mol. The average molecular weight is 397 g/mol. The summed E-state index contributed by atoms with van der Waals surface area (Å²) in [6.45, 7) is 3.23. The molecule has 0 bridgehead atoms. The molecule has 2 heterocycles. The SMILES string of the molecule is CN1CCN(C(=O)c2ccc(NC(=O)c3cc4cccc(Cl)c4[nH]3)cc2)CC1. The van der Waals surface area contributed by atoms with Crippen LogP contribution in [0.15, 0.2) is 48.5 Å². The minimum Gasteiger partial charge on any atom is -0.349 e. The topological polar surface area (TPSA) is 68.4 Å². The Bertz CT molecular complexity index is 1020. The number of para-hydroxylation sites is 1. The number of nitrogens with zero attached hydrogens (tertiary/aromatic N) is 2. The Balaban J connectivity index is 1.44. The van der Waals surface area contributed by atoms with Crippen LogP contribution in [0.4, 0.5) is 5.69 Å². The summed E-state index contributed by atoms with van der Waals surface area (Å²) in [5.74, 6) is -0.235. The number of hydrogen-bond donors (Lipinski definition) is 2. The minimum atomic E-state index is -0.259. The number of carbonyl (C=O) groups excluding carboxylic acids is 2. The summed E-state index contributed by atoms with van der Waals surface area (Å²) in [5.41, 5.74) is 2.42. The van der Waals surface area contributed by atoms with Crippen LogP contribution in [0.1, 0.15) is 20.8 Å². The molecule has 28 heavy (non-hydrogen) atoms. The number of halogens is 1. The van der Waals surface area contributed by atoms with E-state index in [1.807, 2.05) is 17.0 Å². The first-order chi connectivity index (χ1) is 13.5. The van der Waals surface area contributed by atoms with Crippen molar-refractivity contribution >= 4 is 40.0 Å². The molecule has 1 fully saturated rings. The summed E-state index contributed by atoms with van der Waals surface area (Å²) in [5, 5.41) is 4.30. The number of benzene rings is 2. The van der Waals surface area contributed by atoms with Gasteiger partial charge in [0, 0.05) is 42.8 Å². The lowest BCUT2D eigenvalue weighted by Crippen LogP contribution is -2.47. The van der Waals surface area contributed by atoms with Crippen molar-refractivity contribution in [3.8, 4) is 0 Å². The molecule has 4 rings (SSSR count). The Hall–Kier alpha value is -2.83. The van der Waals surface area contributed by atoms with E-state index in [-0.39, 0.29) is 11.8 Å². The highest BCUT2D eigenvalue weighted by molar-refractivity contribution is 6.35. The van der Waals surface area contributed by atoms with Crippen molar-refractivity contribution in [2.24, 2.45) is 0 Å². The number of carbonyl (C=O) groups is 2. The molecule has 0 saturated carbocycles. The fourth-order valence-electron chi connectivity index (χ4n) is 3.33. The molecule has 2 N–H and O–H groups in total. The Morgan fingerprint density at radius 1 is 1.04 bits per heavy atom. The van der Waals surface area contributed by atoms with Gasteiger partial charge in [0.15, 0.2) is 0 Å². The number of nitrogens with one attached hydrogen (secondary N) is 2. The molecule has 0 unspecified atom stereocenters. The van der Waals surface area contributed by atoms with Crippen LogP contribution in [0.2, 0.25) is 5.02 Å². The molecule has 0 radical (unpaired) electrons. The Morgan fingerprint density at radius 3 is 2.43 bits per heavy atom. The third-order valence-corrected chi connectivity index (χ3v) is 5.35. The van der Waals surface area contributed by atoms with Gasteiger partial charge in [-0.15, -0.1) is 0 Å². The van der Waals surface area contributed by atoms with Gasteiger partial charge in [0.1, 0.15) is 5.69 Å². The minimum absolute atomic E-state index is 0.0243. The van der Waals surface area contributed by atoms with Gasteiger partial charge in [-0.3, -0.25) is 9.59 Å². The fourth-order valence-corrected chi connectivity index (χ4v) is 3.56. The quantitative estimate of drug-likeness (QED) is 0.712. The summed E-state index contributed by atoms with van der Waals surface area (Å²) < 4.78 is 0. The highest BCUT2D eigenvalue weighted by atomic mass is 35.5. The second-order valence-electron chi connectivity index (χ2n) is 7.01. The van der Waals surface area contributed by atoms with Crippen LogP contribution >= 0.6 is 11.6 Å². The number of amides is 2. The number of anilines is 1. The summed E-state index contributed by atoms with van der Waals surface area (Å²) in [6.07, 6.45) is 0. The van der Waals surface area contributed by atoms with Crippen molar-refractivity contribution in [2.45, 2.75) is 0 Å². The van der Waals surface area contributed by atoms with Crippen LogP contribution < -0.4 is 5.32 Å². The van der Waals surface area contributed by atoms with Gasteiger partial charge in [-0.25, -0.2) is 0 Å². The Morgan fingerprint density at radius 2 is 1.75 bits per heavy atom. The smallest absolute Gasteiger partial charge is 0.272 e. The van der Waals surface area contributed by atoms with Crippen molar-refractivity contribution in [3.63, 3.8) is 0 Å². The summed E-state index contributed by atoms with van der Waals surface area (Å²) in [7, 11) is 2.06. The van der Waals surface area contributed by atoms with Crippen LogP contribution in [0, 0.1) is 0 Å². The van der Waals surface area contributed by atoms with Crippen LogP contribution in [0.5, 0.6) is 0 Å². The number of aromatic amines is 1. The van der Waals surface area contributed by atoms with Gasteiger partial charge in [-0.2, -0.15) is 0 Å². The molecule has 1 aliphatic heterocycles. The molecule has 0 atom stereocenters. The number of rotatable bonds is 3. The van der Waals surface area contributed by atoms with Gasteiger partial charge in [0.25, 0.3) is 11.8 Å². The number of hydrogen-bond acceptors (Lipinski definition) is 3. The molecular formula is C21H21ClN4O2. The summed E-state index contributed by atoms with van der Waals surface area (Å²) >= 11 is 6.15. The van der Waals surface area contributed by atoms with E-state index in [1.165, 1.54) is 0 Å². The van der Waals surface area contributed by atoms with E-state index >= 15 is 0 Å². The van der Waals surface area contributed by atoms with Crippen molar-refractivity contribution in [1.82, 2.24) is 14.8 Å². The van der Waals surface area contributed by atoms with E-state index in [9.17, 15) is 9.59 Å². The standard InChI is InChI=1S/C21H21ClN4O2/c1-25-9-11-26(12-10-25)21(28)14-5-7-16(8-6-14)23-20(27)18-13-15-3-2-4-17(22)19(15)24-18/h2-8,13,24H,9-12H2,1H3,(H,23,27). The second kappa shape index (κ2) is 7.66. The monoisotopic (exact) mass is 396 g/mol. The van der Waals surface area contributed by atoms with E-state index in [2.05, 4.69) is 22.2 Å². The van der Waals surface area contributed by atoms with Crippen LogP contribution in [-0.2, 0) is 0 Å². The third-order valence-electron chi connectivity index (χ3n) is 5.03. The van der Waals surface area contributed by atoms with Crippen LogP contribution in [0.25, 0.3) is 10.9 Å². The maximum Gasteiger partial charge on any atom is 0.272 e. The molecule has 0 spiro atoms. The first-order valence-corrected chi connectivity index (χ1v) is 9.55. The van der Waals surface area contributed by atoms with Gasteiger partial charge >= 0.3 is 0 Å². The van der Waals surface area contributed by atoms with Gasteiger partial charge in [0.2, 0.25) is 0 Å². The van der Waals surface area contributed by atoms with E-state index in [0.29, 0.717) is 22.0 Å².